The van der Waals surface area contributed by atoms with E-state index >= 15 is 0 Å². The number of nitrogens with zero attached hydrogens (tertiary/aromatic N) is 4. The molecular formula is C18H15N5O3. The Bertz CT molecular complexity index is 1180. The molecule has 4 aromatic rings. The minimum atomic E-state index is -0.423. The summed E-state index contributed by atoms with van der Waals surface area (Å²) in [6.07, 6.45) is 1.42. The molecule has 0 saturated carbocycles. The van der Waals surface area contributed by atoms with Crippen molar-refractivity contribution in [2.24, 2.45) is 0 Å². The second-order valence-corrected chi connectivity index (χ2v) is 5.64. The molecule has 0 saturated heterocycles. The van der Waals surface area contributed by atoms with Gasteiger partial charge in [0.2, 0.25) is 5.91 Å². The van der Waals surface area contributed by atoms with Gasteiger partial charge in [0.05, 0.1) is 18.3 Å². The van der Waals surface area contributed by atoms with Gasteiger partial charge in [-0.2, -0.15) is 0 Å². The highest BCUT2D eigenvalue weighted by Gasteiger charge is 2.14. The van der Waals surface area contributed by atoms with E-state index in [1.54, 1.807) is 24.3 Å². The van der Waals surface area contributed by atoms with Gasteiger partial charge in [-0.15, -0.1) is 5.10 Å². The molecule has 2 heterocycles. The number of benzene rings is 2. The topological polar surface area (TPSA) is 90.5 Å². The van der Waals surface area contributed by atoms with E-state index in [0.29, 0.717) is 17.1 Å². The standard InChI is InChI=1S/C18H15N5O3/c1-26-15-9-5-4-8-14(15)20-16(24)10-23-18(25)22-11-19-13-7-3-2-6-12(13)17(22)21-23/h2-9,11H,10H2,1H3,(H,20,24). The minimum Gasteiger partial charge on any atom is -0.495 e. The molecule has 8 heteroatoms. The van der Waals surface area contributed by atoms with E-state index in [-0.39, 0.29) is 12.5 Å². The molecule has 0 atom stereocenters. The Morgan fingerprint density at radius 2 is 1.92 bits per heavy atom. The lowest BCUT2D eigenvalue weighted by atomic mass is 10.2. The van der Waals surface area contributed by atoms with Crippen LogP contribution in [-0.4, -0.2) is 32.2 Å². The first kappa shape index (κ1) is 15.8. The maximum atomic E-state index is 12.5. The smallest absolute Gasteiger partial charge is 0.352 e. The number of ether oxygens (including phenoxy) is 1. The minimum absolute atomic E-state index is 0.215. The summed E-state index contributed by atoms with van der Waals surface area (Å²) in [5.41, 5.74) is 1.30. The summed E-state index contributed by atoms with van der Waals surface area (Å²) in [6, 6.07) is 14.4. The van der Waals surface area contributed by atoms with Crippen LogP contribution in [0.2, 0.25) is 0 Å². The SMILES string of the molecule is COc1ccccc1NC(=O)Cn1nc2c3ccccc3ncn2c1=O. The fraction of sp³-hybridized carbons (Fsp3) is 0.111. The summed E-state index contributed by atoms with van der Waals surface area (Å²) in [5.74, 6) is 0.163. The van der Waals surface area contributed by atoms with Crippen molar-refractivity contribution >= 4 is 28.1 Å². The number of para-hydroxylation sites is 3. The average Bonchev–Trinajstić information content (AvgIpc) is 2.98. The van der Waals surface area contributed by atoms with Crippen LogP contribution in [0.25, 0.3) is 16.6 Å². The molecule has 2 aromatic carbocycles. The molecule has 2 aromatic heterocycles. The molecule has 4 rings (SSSR count). The van der Waals surface area contributed by atoms with Crippen LogP contribution in [0.3, 0.4) is 0 Å². The van der Waals surface area contributed by atoms with Gasteiger partial charge in [-0.05, 0) is 24.3 Å². The Labute approximate surface area is 147 Å². The molecule has 0 fully saturated rings. The monoisotopic (exact) mass is 349 g/mol. The van der Waals surface area contributed by atoms with Crippen molar-refractivity contribution in [3.05, 3.63) is 65.3 Å². The average molecular weight is 349 g/mol. The lowest BCUT2D eigenvalue weighted by Gasteiger charge is -2.09. The van der Waals surface area contributed by atoms with Gasteiger partial charge in [-0.3, -0.25) is 4.79 Å². The van der Waals surface area contributed by atoms with Crippen LogP contribution in [0.5, 0.6) is 5.75 Å². The third kappa shape index (κ3) is 2.67. The lowest BCUT2D eigenvalue weighted by molar-refractivity contribution is -0.117. The van der Waals surface area contributed by atoms with Crippen molar-refractivity contribution in [2.45, 2.75) is 6.54 Å². The van der Waals surface area contributed by atoms with Crippen molar-refractivity contribution in [2.75, 3.05) is 12.4 Å². The molecule has 8 nitrogen and oxygen atoms in total. The second kappa shape index (κ2) is 6.32. The fourth-order valence-electron chi connectivity index (χ4n) is 2.78. The Hall–Kier alpha value is -3.68. The maximum Gasteiger partial charge on any atom is 0.352 e. The number of hydrogen-bond donors (Lipinski definition) is 1. The zero-order valence-corrected chi connectivity index (χ0v) is 13.9. The normalized spacial score (nSPS) is 11.0. The van der Waals surface area contributed by atoms with Crippen molar-refractivity contribution in [1.29, 1.82) is 0 Å². The fourth-order valence-corrected chi connectivity index (χ4v) is 2.78. The van der Waals surface area contributed by atoms with Crippen molar-refractivity contribution in [1.82, 2.24) is 19.2 Å². The number of rotatable bonds is 4. The van der Waals surface area contributed by atoms with Gasteiger partial charge in [0.25, 0.3) is 0 Å². The molecule has 130 valence electrons. The summed E-state index contributed by atoms with van der Waals surface area (Å²) in [5, 5.41) is 7.78. The highest BCUT2D eigenvalue weighted by molar-refractivity contribution is 5.92. The van der Waals surface area contributed by atoms with Crippen molar-refractivity contribution in [3.63, 3.8) is 0 Å². The molecule has 0 aliphatic rings. The van der Waals surface area contributed by atoms with Gasteiger partial charge in [-0.1, -0.05) is 24.3 Å². The van der Waals surface area contributed by atoms with Crippen molar-refractivity contribution < 1.29 is 9.53 Å². The first-order valence-corrected chi connectivity index (χ1v) is 7.93. The van der Waals surface area contributed by atoms with Crippen molar-refractivity contribution in [3.8, 4) is 5.75 Å². The van der Waals surface area contributed by atoms with Gasteiger partial charge in [-0.25, -0.2) is 18.9 Å². The number of carbonyl (C=O) groups is 1. The highest BCUT2D eigenvalue weighted by Crippen LogP contribution is 2.22. The predicted octanol–water partition coefficient (Wildman–Crippen LogP) is 1.69. The molecule has 1 N–H and O–H groups in total. The summed E-state index contributed by atoms with van der Waals surface area (Å²) >= 11 is 0. The van der Waals surface area contributed by atoms with Gasteiger partial charge < -0.3 is 10.1 Å². The van der Waals surface area contributed by atoms with Gasteiger partial charge >= 0.3 is 5.69 Å². The van der Waals surface area contributed by atoms with E-state index in [0.717, 1.165) is 15.6 Å². The molecule has 0 aliphatic carbocycles. The maximum absolute atomic E-state index is 12.5. The predicted molar refractivity (Wildman–Crippen MR) is 96.4 cm³/mol. The first-order chi connectivity index (χ1) is 12.7. The Morgan fingerprint density at radius 3 is 2.77 bits per heavy atom. The summed E-state index contributed by atoms with van der Waals surface area (Å²) in [6.45, 7) is -0.215. The number of amides is 1. The van der Waals surface area contributed by atoms with E-state index < -0.39 is 5.69 Å². The number of methoxy groups -OCH3 is 1. The summed E-state index contributed by atoms with van der Waals surface area (Å²) in [7, 11) is 1.52. The zero-order chi connectivity index (χ0) is 18.1. The third-order valence-corrected chi connectivity index (χ3v) is 4.00. The Balaban J connectivity index is 1.67. The number of nitrogens with one attached hydrogen (secondary N) is 1. The molecule has 0 unspecified atom stereocenters. The van der Waals surface area contributed by atoms with Gasteiger partial charge in [0.15, 0.2) is 5.65 Å². The van der Waals surface area contributed by atoms with Crippen LogP contribution in [0, 0.1) is 0 Å². The number of carbonyl (C=O) groups excluding carboxylic acids is 1. The number of anilines is 1. The summed E-state index contributed by atoms with van der Waals surface area (Å²) in [4.78, 5) is 29.1. The molecule has 0 aliphatic heterocycles. The Morgan fingerprint density at radius 1 is 1.15 bits per heavy atom. The number of fused-ring (bicyclic) bond motifs is 3. The third-order valence-electron chi connectivity index (χ3n) is 4.00. The molecule has 0 bridgehead atoms. The van der Waals surface area contributed by atoms with Crippen LogP contribution < -0.4 is 15.7 Å². The van der Waals surface area contributed by atoms with Gasteiger partial charge in [0.1, 0.15) is 18.6 Å². The molecule has 1 amide bonds. The van der Waals surface area contributed by atoms with Crippen LogP contribution in [-0.2, 0) is 11.3 Å². The second-order valence-electron chi connectivity index (χ2n) is 5.64. The number of hydrogen-bond acceptors (Lipinski definition) is 5. The van der Waals surface area contributed by atoms with E-state index in [2.05, 4.69) is 15.4 Å². The van der Waals surface area contributed by atoms with Gasteiger partial charge in [0, 0.05) is 5.39 Å². The summed E-state index contributed by atoms with van der Waals surface area (Å²) < 4.78 is 7.66. The largest absolute Gasteiger partial charge is 0.495 e. The van der Waals surface area contributed by atoms with E-state index in [4.69, 9.17) is 4.74 Å². The molecule has 26 heavy (non-hydrogen) atoms. The van der Waals surface area contributed by atoms with E-state index in [1.165, 1.54) is 17.8 Å². The Kier molecular flexibility index (Phi) is 3.85. The van der Waals surface area contributed by atoms with E-state index in [9.17, 15) is 9.59 Å². The van der Waals surface area contributed by atoms with Crippen LogP contribution in [0.15, 0.2) is 59.7 Å². The number of aromatic nitrogens is 4. The lowest BCUT2D eigenvalue weighted by Crippen LogP contribution is -2.28. The first-order valence-electron chi connectivity index (χ1n) is 7.93. The van der Waals surface area contributed by atoms with Crippen LogP contribution in [0.1, 0.15) is 0 Å². The van der Waals surface area contributed by atoms with Crippen LogP contribution in [0.4, 0.5) is 5.69 Å². The molecular weight excluding hydrogens is 334 g/mol. The van der Waals surface area contributed by atoms with Crippen LogP contribution >= 0.6 is 0 Å². The highest BCUT2D eigenvalue weighted by atomic mass is 16.5. The molecule has 0 spiro atoms. The quantitative estimate of drug-likeness (QED) is 0.605. The zero-order valence-electron chi connectivity index (χ0n) is 13.9. The molecule has 0 radical (unpaired) electrons. The van der Waals surface area contributed by atoms with E-state index in [1.807, 2.05) is 24.3 Å².